The Balaban J connectivity index is 2.76. The molecule has 0 atom stereocenters. The number of rotatable bonds is 7. The van der Waals surface area contributed by atoms with Gasteiger partial charge in [-0.15, -0.1) is 6.58 Å². The van der Waals surface area contributed by atoms with Crippen LogP contribution in [0.3, 0.4) is 0 Å². The summed E-state index contributed by atoms with van der Waals surface area (Å²) in [6.07, 6.45) is 5.17. The zero-order valence-electron chi connectivity index (χ0n) is 10.5. The normalized spacial score (nSPS) is 10.3. The molecule has 4 heteroatoms. The summed E-state index contributed by atoms with van der Waals surface area (Å²) < 4.78 is 13.1. The van der Waals surface area contributed by atoms with Crippen LogP contribution in [0.25, 0.3) is 0 Å². The molecule has 17 heavy (non-hydrogen) atoms. The van der Waals surface area contributed by atoms with Crippen molar-refractivity contribution in [2.45, 2.75) is 19.4 Å². The molecule has 0 aliphatic heterocycles. The first-order valence-electron chi connectivity index (χ1n) is 5.80. The fourth-order valence-corrected chi connectivity index (χ4v) is 1.72. The highest BCUT2D eigenvalue weighted by Crippen LogP contribution is 2.17. The maximum atomic E-state index is 13.1. The van der Waals surface area contributed by atoms with Crippen LogP contribution < -0.4 is 10.2 Å². The number of allylic oxidation sites excluding steroid dienone is 1. The van der Waals surface area contributed by atoms with Crippen molar-refractivity contribution >= 4 is 5.82 Å². The summed E-state index contributed by atoms with van der Waals surface area (Å²) in [6, 6.07) is 1.53. The van der Waals surface area contributed by atoms with Crippen molar-refractivity contribution < 1.29 is 4.39 Å². The Morgan fingerprint density at radius 1 is 1.59 bits per heavy atom. The molecule has 1 N–H and O–H groups in total. The van der Waals surface area contributed by atoms with Crippen molar-refractivity contribution in [2.75, 3.05) is 25.5 Å². The number of unbranched alkanes of at least 4 members (excludes halogenated alkanes) is 1. The Morgan fingerprint density at radius 3 is 3.00 bits per heavy atom. The summed E-state index contributed by atoms with van der Waals surface area (Å²) in [4.78, 5) is 6.21. The van der Waals surface area contributed by atoms with Gasteiger partial charge in [-0.1, -0.05) is 6.08 Å². The second kappa shape index (κ2) is 7.01. The van der Waals surface area contributed by atoms with E-state index in [1.54, 1.807) is 0 Å². The molecule has 0 radical (unpaired) electrons. The van der Waals surface area contributed by atoms with Gasteiger partial charge in [-0.05, 0) is 26.0 Å². The lowest BCUT2D eigenvalue weighted by Crippen LogP contribution is -2.22. The number of pyridine rings is 1. The highest BCUT2D eigenvalue weighted by molar-refractivity contribution is 5.46. The van der Waals surface area contributed by atoms with Crippen LogP contribution in [0.4, 0.5) is 10.2 Å². The molecule has 94 valence electrons. The predicted molar refractivity (Wildman–Crippen MR) is 69.7 cm³/mol. The maximum absolute atomic E-state index is 13.1. The van der Waals surface area contributed by atoms with Crippen molar-refractivity contribution in [2.24, 2.45) is 0 Å². The van der Waals surface area contributed by atoms with Gasteiger partial charge < -0.3 is 10.2 Å². The molecule has 0 aliphatic carbocycles. The van der Waals surface area contributed by atoms with E-state index in [2.05, 4.69) is 21.8 Å². The first-order chi connectivity index (χ1) is 8.19. The van der Waals surface area contributed by atoms with E-state index in [1.165, 1.54) is 12.3 Å². The van der Waals surface area contributed by atoms with Crippen LogP contribution in [0.1, 0.15) is 18.4 Å². The van der Waals surface area contributed by atoms with Crippen LogP contribution in [0.15, 0.2) is 24.9 Å². The van der Waals surface area contributed by atoms with Crippen LogP contribution in [-0.2, 0) is 6.54 Å². The Morgan fingerprint density at radius 2 is 2.35 bits per heavy atom. The van der Waals surface area contributed by atoms with E-state index in [4.69, 9.17) is 0 Å². The lowest BCUT2D eigenvalue weighted by molar-refractivity contribution is 0.615. The Kier molecular flexibility index (Phi) is 5.63. The Bertz CT molecular complexity index is 366. The van der Waals surface area contributed by atoms with E-state index in [0.29, 0.717) is 6.54 Å². The Labute approximate surface area is 102 Å². The molecule has 0 saturated carbocycles. The van der Waals surface area contributed by atoms with E-state index >= 15 is 0 Å². The fraction of sp³-hybridized carbons (Fsp3) is 0.462. The monoisotopic (exact) mass is 237 g/mol. The first-order valence-corrected chi connectivity index (χ1v) is 5.80. The third-order valence-corrected chi connectivity index (χ3v) is 2.54. The Hall–Kier alpha value is -1.42. The minimum absolute atomic E-state index is 0.293. The number of aromatic nitrogens is 1. The molecule has 0 aromatic carbocycles. The van der Waals surface area contributed by atoms with Crippen molar-refractivity contribution in [3.05, 3.63) is 36.3 Å². The molecule has 1 heterocycles. The van der Waals surface area contributed by atoms with Crippen molar-refractivity contribution in [3.8, 4) is 0 Å². The highest BCUT2D eigenvalue weighted by Gasteiger charge is 2.09. The average molecular weight is 237 g/mol. The number of hydrogen-bond donors (Lipinski definition) is 1. The van der Waals surface area contributed by atoms with Gasteiger partial charge in [-0.2, -0.15) is 0 Å². The molecule has 1 aromatic heterocycles. The summed E-state index contributed by atoms with van der Waals surface area (Å²) in [5, 5.41) is 3.02. The lowest BCUT2D eigenvalue weighted by Gasteiger charge is -2.20. The van der Waals surface area contributed by atoms with Gasteiger partial charge in [0.2, 0.25) is 0 Å². The number of halogens is 1. The fourth-order valence-electron chi connectivity index (χ4n) is 1.72. The van der Waals surface area contributed by atoms with Crippen LogP contribution in [0.2, 0.25) is 0 Å². The molecule has 1 rings (SSSR count). The largest absolute Gasteiger partial charge is 0.359 e. The van der Waals surface area contributed by atoms with Crippen molar-refractivity contribution in [1.82, 2.24) is 10.3 Å². The number of hydrogen-bond acceptors (Lipinski definition) is 3. The van der Waals surface area contributed by atoms with Gasteiger partial charge in [0.05, 0.1) is 6.20 Å². The molecule has 0 bridgehead atoms. The SMILES string of the molecule is C=CCCCN(C)c1ncc(F)cc1CNC. The third-order valence-electron chi connectivity index (χ3n) is 2.54. The molecule has 0 fully saturated rings. The van der Waals surface area contributed by atoms with E-state index < -0.39 is 0 Å². The summed E-state index contributed by atoms with van der Waals surface area (Å²) >= 11 is 0. The second-order valence-electron chi connectivity index (χ2n) is 4.02. The summed E-state index contributed by atoms with van der Waals surface area (Å²) in [5.74, 6) is 0.545. The first kappa shape index (κ1) is 13.6. The molecule has 0 unspecified atom stereocenters. The lowest BCUT2D eigenvalue weighted by atomic mass is 10.2. The molecule has 1 aromatic rings. The van der Waals surface area contributed by atoms with Crippen LogP contribution >= 0.6 is 0 Å². The smallest absolute Gasteiger partial charge is 0.141 e. The van der Waals surface area contributed by atoms with E-state index in [1.807, 2.05) is 20.2 Å². The topological polar surface area (TPSA) is 28.2 Å². The van der Waals surface area contributed by atoms with Gasteiger partial charge in [-0.25, -0.2) is 9.37 Å². The molecule has 0 amide bonds. The van der Waals surface area contributed by atoms with Crippen LogP contribution in [0, 0.1) is 5.82 Å². The van der Waals surface area contributed by atoms with E-state index in [9.17, 15) is 4.39 Å². The van der Waals surface area contributed by atoms with Crippen LogP contribution in [0.5, 0.6) is 0 Å². The maximum Gasteiger partial charge on any atom is 0.141 e. The molecule has 3 nitrogen and oxygen atoms in total. The standard InChI is InChI=1S/C13H20FN3/c1-4-5-6-7-17(3)13-11(9-15-2)8-12(14)10-16-13/h4,8,10,15H,1,5-7,9H2,2-3H3. The zero-order chi connectivity index (χ0) is 12.7. The van der Waals surface area contributed by atoms with Gasteiger partial charge in [-0.3, -0.25) is 0 Å². The van der Waals surface area contributed by atoms with Gasteiger partial charge in [0.1, 0.15) is 11.6 Å². The van der Waals surface area contributed by atoms with Crippen LogP contribution in [-0.4, -0.2) is 25.6 Å². The highest BCUT2D eigenvalue weighted by atomic mass is 19.1. The minimum Gasteiger partial charge on any atom is -0.359 e. The van der Waals surface area contributed by atoms with Crippen molar-refractivity contribution in [3.63, 3.8) is 0 Å². The van der Waals surface area contributed by atoms with Gasteiger partial charge in [0.25, 0.3) is 0 Å². The average Bonchev–Trinajstić information content (AvgIpc) is 2.30. The summed E-state index contributed by atoms with van der Waals surface area (Å²) in [7, 11) is 3.81. The second-order valence-corrected chi connectivity index (χ2v) is 4.02. The van der Waals surface area contributed by atoms with Gasteiger partial charge >= 0.3 is 0 Å². The molecule has 0 spiro atoms. The quantitative estimate of drug-likeness (QED) is 0.583. The van der Waals surface area contributed by atoms with Gasteiger partial charge in [0, 0.05) is 25.7 Å². The van der Waals surface area contributed by atoms with E-state index in [-0.39, 0.29) is 5.82 Å². The molecular formula is C13H20FN3. The van der Waals surface area contributed by atoms with Crippen molar-refractivity contribution in [1.29, 1.82) is 0 Å². The number of anilines is 1. The third kappa shape index (κ3) is 4.15. The van der Waals surface area contributed by atoms with E-state index in [0.717, 1.165) is 30.8 Å². The molecule has 0 aliphatic rings. The molecule has 0 saturated heterocycles. The van der Waals surface area contributed by atoms with Gasteiger partial charge in [0.15, 0.2) is 0 Å². The number of nitrogens with one attached hydrogen (secondary N) is 1. The summed E-state index contributed by atoms with van der Waals surface area (Å²) in [5.41, 5.74) is 0.883. The minimum atomic E-state index is -0.293. The zero-order valence-corrected chi connectivity index (χ0v) is 10.5. The predicted octanol–water partition coefficient (Wildman–Crippen LogP) is 2.34. The summed E-state index contributed by atoms with van der Waals surface area (Å²) in [6.45, 7) is 5.20. The number of nitrogens with zero attached hydrogens (tertiary/aromatic N) is 2. The molecular weight excluding hydrogens is 217 g/mol.